The first-order valence-corrected chi connectivity index (χ1v) is 8.26. The van der Waals surface area contributed by atoms with Crippen molar-refractivity contribution in [2.45, 2.75) is 32.9 Å². The largest absolute Gasteiger partial charge is 0.490 e. The minimum absolute atomic E-state index is 0.128. The van der Waals surface area contributed by atoms with E-state index < -0.39 is 20.7 Å². The van der Waals surface area contributed by atoms with Crippen molar-refractivity contribution in [3.05, 3.63) is 18.2 Å². The summed E-state index contributed by atoms with van der Waals surface area (Å²) in [4.78, 5) is 12.0. The molecule has 1 amide bonds. The first-order valence-electron chi connectivity index (χ1n) is 6.72. The van der Waals surface area contributed by atoms with Crippen LogP contribution in [0.5, 0.6) is 5.75 Å². The number of anilines is 2. The lowest BCUT2D eigenvalue weighted by molar-refractivity contribution is -0.124. The summed E-state index contributed by atoms with van der Waals surface area (Å²) >= 11 is 0. The summed E-state index contributed by atoms with van der Waals surface area (Å²) in [5.74, 6) is 0.328. The summed E-state index contributed by atoms with van der Waals surface area (Å²) in [5, 5.41) is 2.25. The maximum Gasteiger partial charge on any atom is 0.235 e. The third kappa shape index (κ3) is 3.29. The molecule has 7 heteroatoms. The molecule has 1 aromatic rings. The normalized spacial score (nSPS) is 17.5. The Labute approximate surface area is 124 Å². The molecule has 0 aliphatic carbocycles. The number of fused-ring (bicyclic) bond motifs is 1. The number of nitrogens with one attached hydrogen (secondary N) is 2. The summed E-state index contributed by atoms with van der Waals surface area (Å²) in [6.07, 6.45) is 0. The van der Waals surface area contributed by atoms with Gasteiger partial charge in [0.25, 0.3) is 0 Å². The van der Waals surface area contributed by atoms with Gasteiger partial charge in [-0.15, -0.1) is 0 Å². The first kappa shape index (κ1) is 15.6. The van der Waals surface area contributed by atoms with Gasteiger partial charge in [0.1, 0.15) is 12.4 Å². The number of carbonyl (C=O) groups is 1. The smallest absolute Gasteiger partial charge is 0.235 e. The molecule has 116 valence electrons. The zero-order valence-electron chi connectivity index (χ0n) is 12.6. The van der Waals surface area contributed by atoms with E-state index in [9.17, 15) is 13.2 Å². The van der Waals surface area contributed by atoms with E-state index in [1.165, 1.54) is 0 Å². The number of amides is 1. The van der Waals surface area contributed by atoms with Crippen LogP contribution < -0.4 is 14.8 Å². The topological polar surface area (TPSA) is 84.5 Å². The van der Waals surface area contributed by atoms with Crippen LogP contribution in [0.3, 0.4) is 0 Å². The van der Waals surface area contributed by atoms with Gasteiger partial charge in [-0.2, -0.15) is 0 Å². The highest BCUT2D eigenvalue weighted by molar-refractivity contribution is 7.93. The number of hydrogen-bond donors (Lipinski definition) is 2. The Morgan fingerprint density at radius 3 is 2.62 bits per heavy atom. The van der Waals surface area contributed by atoms with Crippen molar-refractivity contribution in [1.29, 1.82) is 0 Å². The molecule has 1 aliphatic rings. The summed E-state index contributed by atoms with van der Waals surface area (Å²) in [5.41, 5.74) is 0.311. The third-order valence-electron chi connectivity index (χ3n) is 3.31. The van der Waals surface area contributed by atoms with E-state index in [1.807, 2.05) is 0 Å². The maximum absolute atomic E-state index is 12.0. The molecule has 0 unspecified atom stereocenters. The molecule has 0 spiro atoms. The fourth-order valence-electron chi connectivity index (χ4n) is 1.71. The van der Waals surface area contributed by atoms with Crippen LogP contribution in [0.25, 0.3) is 0 Å². The highest BCUT2D eigenvalue weighted by Crippen LogP contribution is 2.34. The van der Waals surface area contributed by atoms with Gasteiger partial charge >= 0.3 is 0 Å². The highest BCUT2D eigenvalue weighted by atomic mass is 32.2. The SMILES string of the molecule is CC(C)S(=O)(=O)Nc1ccc2c(c1)OCC(C)(C)C(=O)N2. The van der Waals surface area contributed by atoms with Gasteiger partial charge < -0.3 is 10.1 Å². The van der Waals surface area contributed by atoms with Crippen molar-refractivity contribution in [2.24, 2.45) is 5.41 Å². The summed E-state index contributed by atoms with van der Waals surface area (Å²) in [7, 11) is -3.41. The number of carbonyl (C=O) groups excluding carboxylic acids is 1. The molecule has 6 nitrogen and oxygen atoms in total. The lowest BCUT2D eigenvalue weighted by Crippen LogP contribution is -2.33. The summed E-state index contributed by atoms with van der Waals surface area (Å²) < 4.78 is 31.9. The molecule has 0 radical (unpaired) electrons. The predicted molar refractivity (Wildman–Crippen MR) is 82.0 cm³/mol. The van der Waals surface area contributed by atoms with Crippen molar-refractivity contribution >= 4 is 27.3 Å². The van der Waals surface area contributed by atoms with Gasteiger partial charge in [-0.1, -0.05) is 0 Å². The van der Waals surface area contributed by atoms with Gasteiger partial charge in [-0.3, -0.25) is 9.52 Å². The Bertz CT molecular complexity index is 666. The second kappa shape index (κ2) is 5.22. The van der Waals surface area contributed by atoms with Crippen LogP contribution in [0.4, 0.5) is 11.4 Å². The predicted octanol–water partition coefficient (Wildman–Crippen LogP) is 2.19. The first-order chi connectivity index (χ1) is 9.62. The van der Waals surface area contributed by atoms with E-state index in [2.05, 4.69) is 10.0 Å². The van der Waals surface area contributed by atoms with Crippen LogP contribution >= 0.6 is 0 Å². The van der Waals surface area contributed by atoms with Crippen LogP contribution in [-0.2, 0) is 14.8 Å². The third-order valence-corrected chi connectivity index (χ3v) is 5.08. The summed E-state index contributed by atoms with van der Waals surface area (Å²) in [6, 6.07) is 4.81. The van der Waals surface area contributed by atoms with E-state index >= 15 is 0 Å². The fourth-order valence-corrected chi connectivity index (χ4v) is 2.40. The van der Waals surface area contributed by atoms with E-state index in [4.69, 9.17) is 4.74 Å². The Hall–Kier alpha value is -1.76. The fraction of sp³-hybridized carbons (Fsp3) is 0.500. The van der Waals surface area contributed by atoms with Gasteiger partial charge in [-0.25, -0.2) is 8.42 Å². The van der Waals surface area contributed by atoms with Crippen LogP contribution in [0.2, 0.25) is 0 Å². The lowest BCUT2D eigenvalue weighted by atomic mass is 9.94. The zero-order valence-corrected chi connectivity index (χ0v) is 13.4. The minimum Gasteiger partial charge on any atom is -0.490 e. The number of ether oxygens (including phenoxy) is 1. The number of hydrogen-bond acceptors (Lipinski definition) is 4. The summed E-state index contributed by atoms with van der Waals surface area (Å²) in [6.45, 7) is 7.01. The van der Waals surface area contributed by atoms with Crippen molar-refractivity contribution in [3.8, 4) is 5.75 Å². The highest BCUT2D eigenvalue weighted by Gasteiger charge is 2.32. The zero-order chi connectivity index (χ0) is 15.8. The minimum atomic E-state index is -3.41. The monoisotopic (exact) mass is 312 g/mol. The Morgan fingerprint density at radius 2 is 2.00 bits per heavy atom. The lowest BCUT2D eigenvalue weighted by Gasteiger charge is -2.18. The van der Waals surface area contributed by atoms with E-state index in [0.29, 0.717) is 17.1 Å². The number of rotatable bonds is 3. The molecule has 2 rings (SSSR count). The van der Waals surface area contributed by atoms with Crippen LogP contribution in [-0.4, -0.2) is 26.2 Å². The molecule has 0 aromatic heterocycles. The number of benzene rings is 1. The molecular formula is C14H20N2O4S. The second-order valence-corrected chi connectivity index (χ2v) is 8.27. The van der Waals surface area contributed by atoms with Crippen LogP contribution in [0, 0.1) is 5.41 Å². The molecule has 0 atom stereocenters. The molecule has 1 aromatic carbocycles. The standard InChI is InChI=1S/C14H20N2O4S/c1-9(2)21(18,19)16-10-5-6-11-12(7-10)20-8-14(3,4)13(17)15-11/h5-7,9,16H,8H2,1-4H3,(H,15,17). The molecular weight excluding hydrogens is 292 g/mol. The maximum atomic E-state index is 12.0. The second-order valence-electron chi connectivity index (χ2n) is 6.03. The van der Waals surface area contributed by atoms with Crippen molar-refractivity contribution in [2.75, 3.05) is 16.6 Å². The van der Waals surface area contributed by atoms with Crippen molar-refractivity contribution in [3.63, 3.8) is 0 Å². The average molecular weight is 312 g/mol. The van der Waals surface area contributed by atoms with Gasteiger partial charge in [0.15, 0.2) is 0 Å². The van der Waals surface area contributed by atoms with Gasteiger partial charge in [0.05, 0.1) is 22.0 Å². The quantitative estimate of drug-likeness (QED) is 0.896. The Balaban J connectivity index is 2.30. The van der Waals surface area contributed by atoms with E-state index in [1.54, 1.807) is 45.9 Å². The van der Waals surface area contributed by atoms with E-state index in [-0.39, 0.29) is 12.5 Å². The Kier molecular flexibility index (Phi) is 3.88. The molecule has 0 saturated heterocycles. The molecule has 2 N–H and O–H groups in total. The molecule has 0 fully saturated rings. The molecule has 0 bridgehead atoms. The van der Waals surface area contributed by atoms with Crippen molar-refractivity contribution in [1.82, 2.24) is 0 Å². The molecule has 1 heterocycles. The Morgan fingerprint density at radius 1 is 1.33 bits per heavy atom. The van der Waals surface area contributed by atoms with Gasteiger partial charge in [0.2, 0.25) is 15.9 Å². The van der Waals surface area contributed by atoms with Crippen LogP contribution in [0.1, 0.15) is 27.7 Å². The number of sulfonamides is 1. The molecule has 1 aliphatic heterocycles. The van der Waals surface area contributed by atoms with Crippen LogP contribution in [0.15, 0.2) is 18.2 Å². The molecule has 21 heavy (non-hydrogen) atoms. The van der Waals surface area contributed by atoms with Gasteiger partial charge in [-0.05, 0) is 39.8 Å². The average Bonchev–Trinajstić information content (AvgIpc) is 2.47. The molecule has 0 saturated carbocycles. The van der Waals surface area contributed by atoms with Gasteiger partial charge in [0, 0.05) is 6.07 Å². The van der Waals surface area contributed by atoms with Crippen molar-refractivity contribution < 1.29 is 17.9 Å². The van der Waals surface area contributed by atoms with E-state index in [0.717, 1.165) is 0 Å².